The lowest BCUT2D eigenvalue weighted by Crippen LogP contribution is -2.13. The molecule has 0 unspecified atom stereocenters. The van der Waals surface area contributed by atoms with Crippen LogP contribution in [0.3, 0.4) is 0 Å². The van der Waals surface area contributed by atoms with Crippen molar-refractivity contribution < 1.29 is 18.1 Å². The molecule has 1 aromatic carbocycles. The Kier molecular flexibility index (Phi) is 4.59. The molecule has 10 heteroatoms. The Morgan fingerprint density at radius 2 is 2.05 bits per heavy atom. The van der Waals surface area contributed by atoms with Crippen molar-refractivity contribution in [2.45, 2.75) is 6.18 Å². The molecule has 0 aromatic heterocycles. The van der Waals surface area contributed by atoms with E-state index in [-0.39, 0.29) is 11.7 Å². The molecule has 0 aliphatic heterocycles. The molecule has 0 atom stereocenters. The molecule has 0 heterocycles. The highest BCUT2D eigenvalue weighted by Gasteiger charge is 2.35. The lowest BCUT2D eigenvalue weighted by atomic mass is 10.1. The van der Waals surface area contributed by atoms with Crippen LogP contribution in [0.5, 0.6) is 0 Å². The van der Waals surface area contributed by atoms with Crippen LogP contribution < -0.4 is 5.73 Å². The second kappa shape index (κ2) is 5.62. The van der Waals surface area contributed by atoms with Crippen molar-refractivity contribution in [3.05, 3.63) is 32.8 Å². The molecule has 1 rings (SSSR count). The van der Waals surface area contributed by atoms with Crippen molar-refractivity contribution in [3.8, 4) is 0 Å². The normalized spacial score (nSPS) is 12.6. The van der Waals surface area contributed by atoms with Crippen LogP contribution in [0.4, 0.5) is 24.5 Å². The van der Waals surface area contributed by atoms with Crippen LogP contribution in [-0.4, -0.2) is 16.6 Å². The van der Waals surface area contributed by atoms with Gasteiger partial charge in [-0.15, -0.1) is 11.6 Å². The van der Waals surface area contributed by atoms with Crippen LogP contribution in [-0.2, 0) is 6.18 Å². The second-order valence-electron chi connectivity index (χ2n) is 3.31. The van der Waals surface area contributed by atoms with Crippen molar-refractivity contribution in [3.63, 3.8) is 0 Å². The van der Waals surface area contributed by atoms with E-state index < -0.39 is 33.1 Å². The lowest BCUT2D eigenvalue weighted by Gasteiger charge is -2.10. The van der Waals surface area contributed by atoms with E-state index in [0.717, 1.165) is 0 Å². The van der Waals surface area contributed by atoms with E-state index in [9.17, 15) is 23.3 Å². The van der Waals surface area contributed by atoms with Gasteiger partial charge in [0.1, 0.15) is 11.5 Å². The SMILES string of the molecule is NC(CCl)=Nc1cc(C(F)(F)F)c(Cl)cc1[N+](=O)[O-]. The van der Waals surface area contributed by atoms with E-state index in [4.69, 9.17) is 28.9 Å². The van der Waals surface area contributed by atoms with E-state index in [2.05, 4.69) is 4.99 Å². The van der Waals surface area contributed by atoms with Crippen LogP contribution in [0.25, 0.3) is 0 Å². The molecule has 0 radical (unpaired) electrons. The van der Waals surface area contributed by atoms with Crippen molar-refractivity contribution in [1.29, 1.82) is 0 Å². The van der Waals surface area contributed by atoms with Crippen LogP contribution in [0.1, 0.15) is 5.56 Å². The number of alkyl halides is 4. The third kappa shape index (κ3) is 3.71. The maximum absolute atomic E-state index is 12.6. The third-order valence-electron chi connectivity index (χ3n) is 1.97. The summed E-state index contributed by atoms with van der Waals surface area (Å²) in [7, 11) is 0. The lowest BCUT2D eigenvalue weighted by molar-refractivity contribution is -0.384. The standard InChI is InChI=1S/C9H6Cl2F3N3O2/c10-3-8(15)16-6-1-4(9(12,13)14)5(11)2-7(6)17(18)19/h1-2H,3H2,(H2,15,16). The molecule has 0 bridgehead atoms. The fourth-order valence-corrected chi connectivity index (χ4v) is 1.51. The molecule has 0 spiro atoms. The van der Waals surface area contributed by atoms with Crippen LogP contribution in [0.15, 0.2) is 17.1 Å². The minimum absolute atomic E-state index is 0.250. The molecule has 0 amide bonds. The zero-order valence-electron chi connectivity index (χ0n) is 9.04. The molecule has 5 nitrogen and oxygen atoms in total. The van der Waals surface area contributed by atoms with Crippen LogP contribution in [0, 0.1) is 10.1 Å². The second-order valence-corrected chi connectivity index (χ2v) is 3.99. The maximum Gasteiger partial charge on any atom is 0.417 e. The number of nitrogens with two attached hydrogens (primary N) is 1. The highest BCUT2D eigenvalue weighted by atomic mass is 35.5. The molecular formula is C9H6Cl2F3N3O2. The summed E-state index contributed by atoms with van der Waals surface area (Å²) in [6.07, 6.45) is -4.76. The van der Waals surface area contributed by atoms with Gasteiger partial charge in [-0.1, -0.05) is 11.6 Å². The minimum atomic E-state index is -4.76. The quantitative estimate of drug-likeness (QED) is 0.305. The van der Waals surface area contributed by atoms with Crippen molar-refractivity contribution in [2.24, 2.45) is 10.7 Å². The highest BCUT2D eigenvalue weighted by Crippen LogP contribution is 2.41. The predicted octanol–water partition coefficient (Wildman–Crippen LogP) is 3.49. The summed E-state index contributed by atoms with van der Waals surface area (Å²) in [5, 5.41) is 9.94. The molecule has 2 N–H and O–H groups in total. The van der Waals surface area contributed by atoms with E-state index >= 15 is 0 Å². The van der Waals surface area contributed by atoms with Gasteiger partial charge in [-0.05, 0) is 6.07 Å². The number of nitro groups is 1. The van der Waals surface area contributed by atoms with Gasteiger partial charge in [-0.3, -0.25) is 10.1 Å². The summed E-state index contributed by atoms with van der Waals surface area (Å²) in [5.74, 6) is -0.526. The fraction of sp³-hybridized carbons (Fsp3) is 0.222. The summed E-state index contributed by atoms with van der Waals surface area (Å²) < 4.78 is 37.9. The summed E-state index contributed by atoms with van der Waals surface area (Å²) in [6, 6.07) is 1.03. The van der Waals surface area contributed by atoms with Crippen LogP contribution >= 0.6 is 23.2 Å². The number of hydrogen-bond donors (Lipinski definition) is 1. The van der Waals surface area contributed by atoms with E-state index in [1.807, 2.05) is 0 Å². The molecule has 0 fully saturated rings. The molecule has 1 aromatic rings. The number of nitro benzene ring substituents is 1. The summed E-state index contributed by atoms with van der Waals surface area (Å²) in [6.45, 7) is 0. The van der Waals surface area contributed by atoms with Crippen LogP contribution in [0.2, 0.25) is 5.02 Å². The predicted molar refractivity (Wildman–Crippen MR) is 65.1 cm³/mol. The largest absolute Gasteiger partial charge is 0.417 e. The number of hydrogen-bond acceptors (Lipinski definition) is 3. The molecule has 0 aliphatic carbocycles. The highest BCUT2D eigenvalue weighted by molar-refractivity contribution is 6.32. The van der Waals surface area contributed by atoms with Gasteiger partial charge in [-0.25, -0.2) is 4.99 Å². The molecule has 0 saturated carbocycles. The molecule has 0 saturated heterocycles. The first kappa shape index (κ1) is 15.5. The number of benzene rings is 1. The third-order valence-corrected chi connectivity index (χ3v) is 2.55. The number of halogens is 5. The average molecular weight is 316 g/mol. The Balaban J connectivity index is 3.53. The first-order chi connectivity index (χ1) is 8.66. The fourth-order valence-electron chi connectivity index (χ4n) is 1.19. The van der Waals surface area contributed by atoms with Gasteiger partial charge in [-0.2, -0.15) is 13.2 Å². The zero-order chi connectivity index (χ0) is 14.8. The van der Waals surface area contributed by atoms with E-state index in [0.29, 0.717) is 12.1 Å². The van der Waals surface area contributed by atoms with Gasteiger partial charge in [0.15, 0.2) is 0 Å². The summed E-state index contributed by atoms with van der Waals surface area (Å²) in [4.78, 5) is 13.3. The Hall–Kier alpha value is -1.54. The van der Waals surface area contributed by atoms with Gasteiger partial charge < -0.3 is 5.73 Å². The Morgan fingerprint density at radius 1 is 1.47 bits per heavy atom. The van der Waals surface area contributed by atoms with Gasteiger partial charge in [0.2, 0.25) is 0 Å². The molecule has 0 aliphatic rings. The Labute approximate surface area is 115 Å². The average Bonchev–Trinajstić information content (AvgIpc) is 2.28. The van der Waals surface area contributed by atoms with E-state index in [1.165, 1.54) is 0 Å². The monoisotopic (exact) mass is 315 g/mol. The smallest absolute Gasteiger partial charge is 0.386 e. The topological polar surface area (TPSA) is 81.5 Å². The van der Waals surface area contributed by atoms with E-state index in [1.54, 1.807) is 0 Å². The maximum atomic E-state index is 12.6. The van der Waals surface area contributed by atoms with Gasteiger partial charge in [0.25, 0.3) is 5.69 Å². The molecule has 104 valence electrons. The Bertz CT molecular complexity index is 546. The van der Waals surface area contributed by atoms with Gasteiger partial charge in [0.05, 0.1) is 21.4 Å². The summed E-state index contributed by atoms with van der Waals surface area (Å²) >= 11 is 10.7. The first-order valence-corrected chi connectivity index (χ1v) is 5.52. The Morgan fingerprint density at radius 3 is 2.47 bits per heavy atom. The number of aliphatic imine (C=N–C) groups is 1. The summed E-state index contributed by atoms with van der Waals surface area (Å²) in [5.41, 5.74) is 2.77. The van der Waals surface area contributed by atoms with Gasteiger partial charge >= 0.3 is 6.18 Å². The number of nitrogens with zero attached hydrogens (tertiary/aromatic N) is 2. The first-order valence-electron chi connectivity index (χ1n) is 4.61. The van der Waals surface area contributed by atoms with Gasteiger partial charge in [0, 0.05) is 6.07 Å². The number of rotatable bonds is 3. The van der Waals surface area contributed by atoms with Crippen molar-refractivity contribution >= 4 is 40.4 Å². The van der Waals surface area contributed by atoms with Crippen molar-refractivity contribution in [2.75, 3.05) is 5.88 Å². The minimum Gasteiger partial charge on any atom is -0.386 e. The number of amidine groups is 1. The molecular weight excluding hydrogens is 310 g/mol. The molecule has 19 heavy (non-hydrogen) atoms. The van der Waals surface area contributed by atoms with Crippen molar-refractivity contribution in [1.82, 2.24) is 0 Å². The zero-order valence-corrected chi connectivity index (χ0v) is 10.6.